The summed E-state index contributed by atoms with van der Waals surface area (Å²) < 4.78 is 1.65. The topological polar surface area (TPSA) is 84.3 Å². The Balaban J connectivity index is 1.41. The molecule has 5 rings (SSSR count). The van der Waals surface area contributed by atoms with Gasteiger partial charge in [0, 0.05) is 47.2 Å². The first-order valence-electron chi connectivity index (χ1n) is 9.87. The monoisotopic (exact) mass is 451 g/mol. The Kier molecular flexibility index (Phi) is 5.21. The molecule has 0 unspecified atom stereocenters. The zero-order chi connectivity index (χ0) is 21.4. The fourth-order valence-corrected chi connectivity index (χ4v) is 4.13. The van der Waals surface area contributed by atoms with Crippen LogP contribution in [0.5, 0.6) is 0 Å². The Morgan fingerprint density at radius 2 is 1.94 bits per heavy atom. The van der Waals surface area contributed by atoms with Gasteiger partial charge in [0.25, 0.3) is 0 Å². The molecule has 0 fully saturated rings. The summed E-state index contributed by atoms with van der Waals surface area (Å²) in [4.78, 5) is 12.7. The third-order valence-corrected chi connectivity index (χ3v) is 5.81. The van der Waals surface area contributed by atoms with E-state index in [2.05, 4.69) is 50.0 Å². The van der Waals surface area contributed by atoms with Crippen LogP contribution in [0.25, 0.3) is 22.1 Å². The Bertz CT molecular complexity index is 1390. The highest BCUT2D eigenvalue weighted by Crippen LogP contribution is 2.25. The molecule has 5 aromatic rings. The number of nitrogens with zero attached hydrogens (tertiary/aromatic N) is 5. The van der Waals surface area contributed by atoms with Crippen LogP contribution in [0, 0.1) is 0 Å². The van der Waals surface area contributed by atoms with Gasteiger partial charge in [-0.25, -0.2) is 14.6 Å². The van der Waals surface area contributed by atoms with E-state index >= 15 is 0 Å². The molecule has 7 nitrogen and oxygen atoms in total. The van der Waals surface area contributed by atoms with Crippen molar-refractivity contribution in [3.8, 4) is 0 Å². The molecule has 0 amide bonds. The lowest BCUT2D eigenvalue weighted by Crippen LogP contribution is -2.10. The van der Waals surface area contributed by atoms with Crippen molar-refractivity contribution in [1.29, 1.82) is 0 Å². The summed E-state index contributed by atoms with van der Waals surface area (Å²) in [6.07, 6.45) is 3.38. The van der Waals surface area contributed by atoms with Gasteiger partial charge in [-0.1, -0.05) is 52.7 Å². The number of H-pyrrole nitrogens is 1. The van der Waals surface area contributed by atoms with Gasteiger partial charge in [0.05, 0.1) is 0 Å². The lowest BCUT2D eigenvalue weighted by atomic mass is 10.1. The Morgan fingerprint density at radius 3 is 2.81 bits per heavy atom. The molecular weight excluding hydrogens is 433 g/mol. The van der Waals surface area contributed by atoms with E-state index in [0.717, 1.165) is 17.5 Å². The third kappa shape index (κ3) is 3.94. The highest BCUT2D eigenvalue weighted by atomic mass is 35.5. The number of hydrogen-bond donors (Lipinski definition) is 2. The minimum atomic E-state index is 0.480. The molecule has 0 aliphatic carbocycles. The molecule has 2 N–H and O–H groups in total. The van der Waals surface area contributed by atoms with Gasteiger partial charge in [-0.2, -0.15) is 0 Å². The molecule has 0 aliphatic heterocycles. The summed E-state index contributed by atoms with van der Waals surface area (Å²) >= 11 is 12.4. The second-order valence-electron chi connectivity index (χ2n) is 7.32. The summed E-state index contributed by atoms with van der Waals surface area (Å²) in [7, 11) is 1.82. The molecule has 0 aliphatic rings. The number of aromatic amines is 1. The molecule has 156 valence electrons. The first kappa shape index (κ1) is 19.8. The van der Waals surface area contributed by atoms with Gasteiger partial charge in [-0.15, -0.1) is 5.10 Å². The maximum absolute atomic E-state index is 6.35. The van der Waals surface area contributed by atoms with Gasteiger partial charge in [-0.05, 0) is 35.7 Å². The predicted molar refractivity (Wildman–Crippen MR) is 124 cm³/mol. The van der Waals surface area contributed by atoms with E-state index in [1.807, 2.05) is 25.2 Å². The maximum Gasteiger partial charge on any atom is 0.183 e. The van der Waals surface area contributed by atoms with Gasteiger partial charge in [0.1, 0.15) is 5.82 Å². The van der Waals surface area contributed by atoms with Gasteiger partial charge < -0.3 is 10.3 Å². The Hall–Kier alpha value is -3.16. The van der Waals surface area contributed by atoms with Crippen LogP contribution < -0.4 is 5.32 Å². The van der Waals surface area contributed by atoms with Crippen molar-refractivity contribution in [2.24, 2.45) is 7.05 Å². The van der Waals surface area contributed by atoms with E-state index in [0.29, 0.717) is 45.8 Å². The van der Waals surface area contributed by atoms with Crippen LogP contribution >= 0.6 is 23.2 Å². The van der Waals surface area contributed by atoms with Gasteiger partial charge in [-0.3, -0.25) is 0 Å². The molecule has 2 aromatic carbocycles. The van der Waals surface area contributed by atoms with E-state index in [9.17, 15) is 0 Å². The van der Waals surface area contributed by atoms with Crippen molar-refractivity contribution in [3.63, 3.8) is 0 Å². The molecule has 3 heterocycles. The van der Waals surface area contributed by atoms with Crippen molar-refractivity contribution in [1.82, 2.24) is 29.9 Å². The molecule has 0 atom stereocenters. The van der Waals surface area contributed by atoms with E-state index in [-0.39, 0.29) is 0 Å². The van der Waals surface area contributed by atoms with Gasteiger partial charge >= 0.3 is 0 Å². The Labute approximate surface area is 188 Å². The number of rotatable bonds is 6. The number of nitrogens with one attached hydrogen (secondary N) is 2. The highest BCUT2D eigenvalue weighted by Gasteiger charge is 2.15. The Morgan fingerprint density at radius 1 is 1.06 bits per heavy atom. The van der Waals surface area contributed by atoms with Crippen molar-refractivity contribution >= 4 is 51.1 Å². The van der Waals surface area contributed by atoms with E-state index < -0.39 is 0 Å². The van der Waals surface area contributed by atoms with Crippen LogP contribution in [-0.2, 0) is 19.9 Å². The zero-order valence-electron chi connectivity index (χ0n) is 16.7. The molecular formula is C22H19Cl2N7. The van der Waals surface area contributed by atoms with E-state index in [4.69, 9.17) is 28.2 Å². The smallest absolute Gasteiger partial charge is 0.183 e. The number of aryl methyl sites for hydroxylation is 1. The number of aromatic nitrogens is 6. The molecule has 31 heavy (non-hydrogen) atoms. The van der Waals surface area contributed by atoms with Crippen LogP contribution in [0.1, 0.15) is 17.0 Å². The predicted octanol–water partition coefficient (Wildman–Crippen LogP) is 4.79. The second kappa shape index (κ2) is 8.17. The maximum atomic E-state index is 6.35. The van der Waals surface area contributed by atoms with Crippen LogP contribution in [0.2, 0.25) is 10.0 Å². The summed E-state index contributed by atoms with van der Waals surface area (Å²) in [6.45, 7) is 0.700. The summed E-state index contributed by atoms with van der Waals surface area (Å²) in [6, 6.07) is 13.7. The number of halogens is 2. The highest BCUT2D eigenvalue weighted by molar-refractivity contribution is 6.35. The van der Waals surface area contributed by atoms with Crippen molar-refractivity contribution in [2.75, 3.05) is 11.9 Å². The largest absolute Gasteiger partial charge is 0.368 e. The summed E-state index contributed by atoms with van der Waals surface area (Å²) in [5.74, 6) is 1.30. The number of hydrogen-bond acceptors (Lipinski definition) is 5. The van der Waals surface area contributed by atoms with Crippen LogP contribution in [-0.4, -0.2) is 36.5 Å². The molecule has 3 aromatic heterocycles. The molecule has 0 bridgehead atoms. The quantitative estimate of drug-likeness (QED) is 0.387. The van der Waals surface area contributed by atoms with E-state index in [1.54, 1.807) is 10.7 Å². The normalized spacial score (nSPS) is 11.5. The van der Waals surface area contributed by atoms with Gasteiger partial charge in [0.15, 0.2) is 17.0 Å². The zero-order valence-corrected chi connectivity index (χ0v) is 18.2. The minimum absolute atomic E-state index is 0.480. The molecule has 0 spiro atoms. The fraction of sp³-hybridized carbons (Fsp3) is 0.182. The standard InChI is InChI=1S/C22H19Cl2N7/c1-31-22-20(29-30-31)21(25-9-8-14-12-26-18-5-3-2-4-16(14)18)27-19(28-22)10-13-6-7-15(23)11-17(13)24/h2-7,11-12,26H,8-10H2,1H3,(H,25,27,28). The summed E-state index contributed by atoms with van der Waals surface area (Å²) in [5, 5.41) is 14.2. The molecule has 0 saturated carbocycles. The first-order valence-corrected chi connectivity index (χ1v) is 10.6. The third-order valence-electron chi connectivity index (χ3n) is 5.22. The molecule has 0 saturated heterocycles. The number of para-hydroxylation sites is 1. The van der Waals surface area contributed by atoms with E-state index in [1.165, 1.54) is 10.9 Å². The lowest BCUT2D eigenvalue weighted by Gasteiger charge is -2.09. The second-order valence-corrected chi connectivity index (χ2v) is 8.17. The average Bonchev–Trinajstić information content (AvgIpc) is 3.34. The number of anilines is 1. The average molecular weight is 452 g/mol. The SMILES string of the molecule is Cn1nnc2c(NCCc3c[nH]c4ccccc34)nc(Cc3ccc(Cl)cc3Cl)nc21. The minimum Gasteiger partial charge on any atom is -0.368 e. The van der Waals surface area contributed by atoms with Crippen LogP contribution in [0.15, 0.2) is 48.7 Å². The van der Waals surface area contributed by atoms with Crippen molar-refractivity contribution in [3.05, 3.63) is 75.7 Å². The van der Waals surface area contributed by atoms with Crippen LogP contribution in [0.4, 0.5) is 5.82 Å². The number of benzene rings is 2. The lowest BCUT2D eigenvalue weighted by molar-refractivity contribution is 0.728. The fourth-order valence-electron chi connectivity index (χ4n) is 3.65. The number of fused-ring (bicyclic) bond motifs is 2. The van der Waals surface area contributed by atoms with Crippen molar-refractivity contribution < 1.29 is 0 Å². The molecule has 9 heteroatoms. The van der Waals surface area contributed by atoms with Crippen molar-refractivity contribution in [2.45, 2.75) is 12.8 Å². The van der Waals surface area contributed by atoms with Gasteiger partial charge in [0.2, 0.25) is 0 Å². The summed E-state index contributed by atoms with van der Waals surface area (Å²) in [5.41, 5.74) is 4.61. The molecule has 0 radical (unpaired) electrons. The van der Waals surface area contributed by atoms with Crippen LogP contribution in [0.3, 0.4) is 0 Å². The first-order chi connectivity index (χ1) is 15.1.